The molecule has 4 heteroatoms. The Morgan fingerprint density at radius 3 is 2.79 bits per heavy atom. The lowest BCUT2D eigenvalue weighted by atomic mass is 10.1. The highest BCUT2D eigenvalue weighted by molar-refractivity contribution is 5.66. The summed E-state index contributed by atoms with van der Waals surface area (Å²) >= 11 is 0. The quantitative estimate of drug-likeness (QED) is 0.543. The number of carbonyl (C=O) groups is 1. The molecule has 0 bridgehead atoms. The van der Waals surface area contributed by atoms with Crippen LogP contribution in [0.2, 0.25) is 0 Å². The topological polar surface area (TPSA) is 55.8 Å². The third kappa shape index (κ3) is 9.52. The second kappa shape index (κ2) is 10.8. The Labute approximate surface area is 115 Å². The summed E-state index contributed by atoms with van der Waals surface area (Å²) in [5, 5.41) is 8.47. The SMILES string of the molecule is O=C(O)CCCCCCC#CCOC1CCCCO1. The fourth-order valence-corrected chi connectivity index (χ4v) is 1.96. The van der Waals surface area contributed by atoms with Crippen molar-refractivity contribution in [3.8, 4) is 11.8 Å². The van der Waals surface area contributed by atoms with Crippen LogP contribution in [0.15, 0.2) is 0 Å². The average Bonchev–Trinajstić information content (AvgIpc) is 2.42. The molecule has 0 spiro atoms. The molecular weight excluding hydrogens is 244 g/mol. The van der Waals surface area contributed by atoms with Crippen molar-refractivity contribution in [3.05, 3.63) is 0 Å². The van der Waals surface area contributed by atoms with Gasteiger partial charge in [0.05, 0.1) is 0 Å². The highest BCUT2D eigenvalue weighted by Gasteiger charge is 2.12. The van der Waals surface area contributed by atoms with Crippen molar-refractivity contribution in [2.24, 2.45) is 0 Å². The highest BCUT2D eigenvalue weighted by Crippen LogP contribution is 2.13. The summed E-state index contributed by atoms with van der Waals surface area (Å²) in [6.07, 6.45) is 8.20. The maximum atomic E-state index is 10.3. The molecule has 108 valence electrons. The molecule has 0 amide bonds. The van der Waals surface area contributed by atoms with Gasteiger partial charge >= 0.3 is 5.97 Å². The number of unbranched alkanes of at least 4 members (excludes halogenated alkanes) is 4. The van der Waals surface area contributed by atoms with Crippen molar-refractivity contribution in [1.82, 2.24) is 0 Å². The lowest BCUT2D eigenvalue weighted by Crippen LogP contribution is -2.22. The van der Waals surface area contributed by atoms with Gasteiger partial charge in [-0.05, 0) is 32.1 Å². The summed E-state index contributed by atoms with van der Waals surface area (Å²) in [6, 6.07) is 0. The van der Waals surface area contributed by atoms with Crippen LogP contribution in [0.3, 0.4) is 0 Å². The third-order valence-electron chi connectivity index (χ3n) is 3.05. The summed E-state index contributed by atoms with van der Waals surface area (Å²) in [4.78, 5) is 10.3. The predicted octanol–water partition coefficient (Wildman–Crippen LogP) is 2.96. The second-order valence-electron chi connectivity index (χ2n) is 4.77. The molecule has 0 aromatic rings. The maximum absolute atomic E-state index is 10.3. The van der Waals surface area contributed by atoms with Gasteiger partial charge in [-0.3, -0.25) is 4.79 Å². The van der Waals surface area contributed by atoms with Crippen molar-refractivity contribution in [2.75, 3.05) is 13.2 Å². The smallest absolute Gasteiger partial charge is 0.303 e. The fraction of sp³-hybridized carbons (Fsp3) is 0.800. The van der Waals surface area contributed by atoms with Crippen LogP contribution in [0, 0.1) is 11.8 Å². The van der Waals surface area contributed by atoms with E-state index in [1.54, 1.807) is 0 Å². The van der Waals surface area contributed by atoms with Crippen LogP contribution in [0.5, 0.6) is 0 Å². The highest BCUT2D eigenvalue weighted by atomic mass is 16.7. The van der Waals surface area contributed by atoms with Crippen molar-refractivity contribution < 1.29 is 19.4 Å². The number of aliphatic carboxylic acids is 1. The molecule has 1 unspecified atom stereocenters. The predicted molar refractivity (Wildman–Crippen MR) is 72.7 cm³/mol. The van der Waals surface area contributed by atoms with Gasteiger partial charge in [0.1, 0.15) is 6.61 Å². The normalized spacial score (nSPS) is 18.6. The standard InChI is InChI=1S/C15H24O4/c16-14(17)10-6-4-2-1-3-5-8-12-18-15-11-7-9-13-19-15/h15H,1-4,6-7,9-13H2,(H,16,17). The largest absolute Gasteiger partial charge is 0.481 e. The fourth-order valence-electron chi connectivity index (χ4n) is 1.96. The molecule has 1 aliphatic heterocycles. The van der Waals surface area contributed by atoms with Gasteiger partial charge in [0.15, 0.2) is 6.29 Å². The lowest BCUT2D eigenvalue weighted by molar-refractivity contribution is -0.154. The van der Waals surface area contributed by atoms with Gasteiger partial charge in [0.2, 0.25) is 0 Å². The summed E-state index contributed by atoms with van der Waals surface area (Å²) in [7, 11) is 0. The Kier molecular flexibility index (Phi) is 9.13. The minimum atomic E-state index is -0.707. The number of hydrogen-bond acceptors (Lipinski definition) is 3. The monoisotopic (exact) mass is 268 g/mol. The minimum Gasteiger partial charge on any atom is -0.481 e. The summed E-state index contributed by atoms with van der Waals surface area (Å²) in [6.45, 7) is 1.25. The molecule has 4 nitrogen and oxygen atoms in total. The van der Waals surface area contributed by atoms with Crippen molar-refractivity contribution in [1.29, 1.82) is 0 Å². The zero-order valence-electron chi connectivity index (χ0n) is 11.5. The van der Waals surface area contributed by atoms with Crippen molar-refractivity contribution >= 4 is 5.97 Å². The third-order valence-corrected chi connectivity index (χ3v) is 3.05. The molecule has 1 atom stereocenters. The zero-order valence-corrected chi connectivity index (χ0v) is 11.5. The van der Waals surface area contributed by atoms with Crippen LogP contribution in [-0.4, -0.2) is 30.6 Å². The molecule has 0 saturated carbocycles. The van der Waals surface area contributed by atoms with E-state index in [2.05, 4.69) is 11.8 Å². The van der Waals surface area contributed by atoms with Gasteiger partial charge in [-0.1, -0.05) is 18.8 Å². The maximum Gasteiger partial charge on any atom is 0.303 e. The van der Waals surface area contributed by atoms with E-state index in [4.69, 9.17) is 14.6 Å². The molecule has 1 aliphatic rings. The van der Waals surface area contributed by atoms with E-state index in [0.29, 0.717) is 6.61 Å². The number of ether oxygens (including phenoxy) is 2. The molecule has 0 radical (unpaired) electrons. The first-order valence-electron chi connectivity index (χ1n) is 7.20. The molecule has 1 rings (SSSR count). The van der Waals surface area contributed by atoms with Crippen molar-refractivity contribution in [3.63, 3.8) is 0 Å². The van der Waals surface area contributed by atoms with Gasteiger partial charge < -0.3 is 14.6 Å². The van der Waals surface area contributed by atoms with E-state index < -0.39 is 5.97 Å². The zero-order chi connectivity index (χ0) is 13.8. The molecule has 19 heavy (non-hydrogen) atoms. The van der Waals surface area contributed by atoms with E-state index >= 15 is 0 Å². The Bertz CT molecular complexity index is 297. The first-order valence-corrected chi connectivity index (χ1v) is 7.20. The van der Waals surface area contributed by atoms with Gasteiger partial charge in [0.25, 0.3) is 0 Å². The van der Waals surface area contributed by atoms with E-state index in [9.17, 15) is 4.79 Å². The molecule has 0 aliphatic carbocycles. The van der Waals surface area contributed by atoms with Gasteiger partial charge in [-0.15, -0.1) is 5.92 Å². The Hall–Kier alpha value is -1.05. The van der Waals surface area contributed by atoms with E-state index in [1.165, 1.54) is 6.42 Å². The van der Waals surface area contributed by atoms with Crippen LogP contribution in [0.25, 0.3) is 0 Å². The van der Waals surface area contributed by atoms with E-state index in [1.807, 2.05) is 0 Å². The molecule has 1 heterocycles. The number of rotatable bonds is 8. The molecule has 1 fully saturated rings. The molecule has 0 aromatic heterocycles. The summed E-state index contributed by atoms with van der Waals surface area (Å²) in [5.41, 5.74) is 0. The van der Waals surface area contributed by atoms with E-state index in [-0.39, 0.29) is 12.7 Å². The molecule has 0 aromatic carbocycles. The van der Waals surface area contributed by atoms with E-state index in [0.717, 1.165) is 51.6 Å². The summed E-state index contributed by atoms with van der Waals surface area (Å²) in [5.74, 6) is 5.37. The van der Waals surface area contributed by atoms with Crippen LogP contribution < -0.4 is 0 Å². The summed E-state index contributed by atoms with van der Waals surface area (Å²) < 4.78 is 10.9. The Balaban J connectivity index is 1.86. The number of carboxylic acid groups (broad SMARTS) is 1. The minimum absolute atomic E-state index is 0.0564. The molecule has 1 N–H and O–H groups in total. The first kappa shape index (κ1) is 16.0. The Morgan fingerprint density at radius 1 is 1.21 bits per heavy atom. The van der Waals surface area contributed by atoms with Gasteiger partial charge in [0, 0.05) is 19.4 Å². The van der Waals surface area contributed by atoms with Crippen LogP contribution in [-0.2, 0) is 14.3 Å². The first-order chi connectivity index (χ1) is 9.29. The van der Waals surface area contributed by atoms with Gasteiger partial charge in [-0.2, -0.15) is 0 Å². The molecule has 1 saturated heterocycles. The lowest BCUT2D eigenvalue weighted by Gasteiger charge is -2.21. The Morgan fingerprint density at radius 2 is 2.05 bits per heavy atom. The molecular formula is C15H24O4. The average molecular weight is 268 g/mol. The van der Waals surface area contributed by atoms with Crippen LogP contribution >= 0.6 is 0 Å². The van der Waals surface area contributed by atoms with Crippen molar-refractivity contribution in [2.45, 2.75) is 64.1 Å². The van der Waals surface area contributed by atoms with Crippen LogP contribution in [0.4, 0.5) is 0 Å². The van der Waals surface area contributed by atoms with Gasteiger partial charge in [-0.25, -0.2) is 0 Å². The number of carboxylic acids is 1. The number of hydrogen-bond donors (Lipinski definition) is 1. The van der Waals surface area contributed by atoms with Crippen LogP contribution in [0.1, 0.15) is 57.8 Å². The second-order valence-corrected chi connectivity index (χ2v) is 4.77.